The highest BCUT2D eigenvalue weighted by Crippen LogP contribution is 2.43. The summed E-state index contributed by atoms with van der Waals surface area (Å²) in [5.41, 5.74) is 1.12. The van der Waals surface area contributed by atoms with Gasteiger partial charge in [-0.15, -0.1) is 11.6 Å². The molecule has 0 aliphatic carbocycles. The first-order valence-electron chi connectivity index (χ1n) is 6.40. The minimum Gasteiger partial charge on any atom is -0.432 e. The topological polar surface area (TPSA) is 38.3 Å². The molecule has 0 aliphatic heterocycles. The molecule has 106 valence electrons. The fourth-order valence-corrected chi connectivity index (χ4v) is 3.28. The summed E-state index contributed by atoms with van der Waals surface area (Å²) < 4.78 is 18.0. The molecule has 0 bridgehead atoms. The van der Waals surface area contributed by atoms with Gasteiger partial charge in [-0.2, -0.15) is 0 Å². The van der Waals surface area contributed by atoms with Gasteiger partial charge in [0, 0.05) is 6.54 Å². The number of halogens is 1. The SMILES string of the molecule is O=[P@@](CCl)(NCCc1ccccc1)Oc1ccccc1. The van der Waals surface area contributed by atoms with E-state index in [9.17, 15) is 4.57 Å². The molecule has 0 amide bonds. The van der Waals surface area contributed by atoms with Gasteiger partial charge in [-0.3, -0.25) is 4.57 Å². The van der Waals surface area contributed by atoms with E-state index in [1.54, 1.807) is 12.1 Å². The first-order chi connectivity index (χ1) is 9.72. The molecular formula is C15H17ClNO2P. The first kappa shape index (κ1) is 15.1. The molecular weight excluding hydrogens is 293 g/mol. The highest BCUT2D eigenvalue weighted by atomic mass is 35.5. The largest absolute Gasteiger partial charge is 0.432 e. The van der Waals surface area contributed by atoms with Crippen LogP contribution in [0.4, 0.5) is 0 Å². The van der Waals surface area contributed by atoms with E-state index in [0.29, 0.717) is 12.3 Å². The van der Waals surface area contributed by atoms with Crippen molar-refractivity contribution in [3.05, 3.63) is 66.2 Å². The van der Waals surface area contributed by atoms with Gasteiger partial charge in [0.2, 0.25) is 0 Å². The second-order valence-electron chi connectivity index (χ2n) is 4.34. The van der Waals surface area contributed by atoms with Crippen LogP contribution in [0.15, 0.2) is 60.7 Å². The average Bonchev–Trinajstić information content (AvgIpc) is 2.49. The van der Waals surface area contributed by atoms with Gasteiger partial charge in [0.1, 0.15) is 11.4 Å². The maximum Gasteiger partial charge on any atom is 0.331 e. The van der Waals surface area contributed by atoms with Crippen LogP contribution in [0.1, 0.15) is 5.56 Å². The van der Waals surface area contributed by atoms with Gasteiger partial charge >= 0.3 is 7.52 Å². The highest BCUT2D eigenvalue weighted by molar-refractivity contribution is 7.58. The number of benzene rings is 2. The van der Waals surface area contributed by atoms with Crippen LogP contribution >= 0.6 is 19.1 Å². The van der Waals surface area contributed by atoms with E-state index in [-0.39, 0.29) is 5.62 Å². The van der Waals surface area contributed by atoms with Crippen LogP contribution < -0.4 is 9.61 Å². The summed E-state index contributed by atoms with van der Waals surface area (Å²) in [6, 6.07) is 19.1. The summed E-state index contributed by atoms with van der Waals surface area (Å²) >= 11 is 5.79. The molecule has 5 heteroatoms. The van der Waals surface area contributed by atoms with Crippen LogP contribution in [0.25, 0.3) is 0 Å². The normalized spacial score (nSPS) is 13.7. The van der Waals surface area contributed by atoms with Crippen LogP contribution in [0.3, 0.4) is 0 Å². The van der Waals surface area contributed by atoms with Crippen molar-refractivity contribution in [2.75, 3.05) is 12.2 Å². The summed E-state index contributed by atoms with van der Waals surface area (Å²) in [5.74, 6) is 0.559. The van der Waals surface area contributed by atoms with Gasteiger partial charge in [-0.25, -0.2) is 5.09 Å². The molecule has 0 heterocycles. The third kappa shape index (κ3) is 4.68. The molecule has 0 aliphatic rings. The maximum absolute atomic E-state index is 12.5. The minimum atomic E-state index is -3.04. The van der Waals surface area contributed by atoms with Gasteiger partial charge in [-0.05, 0) is 24.1 Å². The number of hydrogen-bond donors (Lipinski definition) is 1. The van der Waals surface area contributed by atoms with Crippen LogP contribution in [0.5, 0.6) is 5.75 Å². The monoisotopic (exact) mass is 309 g/mol. The molecule has 0 saturated carbocycles. The van der Waals surface area contributed by atoms with E-state index in [4.69, 9.17) is 16.1 Å². The zero-order valence-corrected chi connectivity index (χ0v) is 12.7. The Bertz CT molecular complexity index is 563. The van der Waals surface area contributed by atoms with Crippen molar-refractivity contribution in [3.8, 4) is 5.75 Å². The van der Waals surface area contributed by atoms with Crippen LogP contribution in [0, 0.1) is 0 Å². The molecule has 0 fully saturated rings. The average molecular weight is 310 g/mol. The molecule has 0 unspecified atom stereocenters. The molecule has 0 aromatic heterocycles. The zero-order chi connectivity index (χ0) is 14.3. The Morgan fingerprint density at radius 3 is 2.20 bits per heavy atom. The number of rotatable bonds is 7. The standard InChI is InChI=1S/C15H17ClNO2P/c16-13-20(18,19-15-9-5-2-6-10-15)17-12-11-14-7-3-1-4-8-14/h1-10H,11-13H2,(H,17,18)/t20-/m1/s1. The van der Waals surface area contributed by atoms with Crippen molar-refractivity contribution in [1.82, 2.24) is 5.09 Å². The van der Waals surface area contributed by atoms with Gasteiger partial charge in [-0.1, -0.05) is 48.5 Å². The molecule has 0 saturated heterocycles. The lowest BCUT2D eigenvalue weighted by atomic mass is 10.2. The summed E-state index contributed by atoms with van der Waals surface area (Å²) in [5, 5.41) is 2.94. The van der Waals surface area contributed by atoms with E-state index < -0.39 is 7.52 Å². The molecule has 1 atom stereocenters. The van der Waals surface area contributed by atoms with E-state index in [1.807, 2.05) is 48.5 Å². The molecule has 0 radical (unpaired) electrons. The Morgan fingerprint density at radius 2 is 1.60 bits per heavy atom. The van der Waals surface area contributed by atoms with Crippen molar-refractivity contribution >= 4 is 19.1 Å². The Morgan fingerprint density at radius 1 is 1.00 bits per heavy atom. The fourth-order valence-electron chi connectivity index (χ4n) is 1.77. The smallest absolute Gasteiger partial charge is 0.331 e. The third-order valence-electron chi connectivity index (χ3n) is 2.76. The second kappa shape index (κ2) is 7.49. The number of nitrogens with one attached hydrogen (secondary N) is 1. The van der Waals surface area contributed by atoms with E-state index in [0.717, 1.165) is 6.42 Å². The Balaban J connectivity index is 1.89. The lowest BCUT2D eigenvalue weighted by Crippen LogP contribution is -2.18. The molecule has 2 aromatic rings. The summed E-state index contributed by atoms with van der Waals surface area (Å²) in [7, 11) is -3.04. The second-order valence-corrected chi connectivity index (χ2v) is 7.14. The quantitative estimate of drug-likeness (QED) is 0.612. The van der Waals surface area contributed by atoms with Crippen molar-refractivity contribution < 1.29 is 9.09 Å². The van der Waals surface area contributed by atoms with Crippen LogP contribution in [0.2, 0.25) is 0 Å². The lowest BCUT2D eigenvalue weighted by Gasteiger charge is -2.18. The van der Waals surface area contributed by atoms with Crippen molar-refractivity contribution in [3.63, 3.8) is 0 Å². The van der Waals surface area contributed by atoms with Crippen molar-refractivity contribution in [2.24, 2.45) is 0 Å². The molecule has 3 nitrogen and oxygen atoms in total. The summed E-state index contributed by atoms with van der Waals surface area (Å²) in [4.78, 5) is 0. The third-order valence-corrected chi connectivity index (χ3v) is 5.23. The van der Waals surface area contributed by atoms with Gasteiger partial charge < -0.3 is 4.52 Å². The van der Waals surface area contributed by atoms with Gasteiger partial charge in [0.25, 0.3) is 0 Å². The van der Waals surface area contributed by atoms with Gasteiger partial charge in [0.15, 0.2) is 0 Å². The first-order valence-corrected chi connectivity index (χ1v) is 8.75. The van der Waals surface area contributed by atoms with Crippen molar-refractivity contribution in [1.29, 1.82) is 0 Å². The van der Waals surface area contributed by atoms with Gasteiger partial charge in [0.05, 0.1) is 0 Å². The Labute approximate surface area is 124 Å². The number of para-hydroxylation sites is 1. The maximum atomic E-state index is 12.5. The summed E-state index contributed by atoms with van der Waals surface area (Å²) in [6.45, 7) is 0.556. The number of hydrogen-bond acceptors (Lipinski definition) is 2. The van der Waals surface area contributed by atoms with Crippen LogP contribution in [-0.4, -0.2) is 12.2 Å². The lowest BCUT2D eigenvalue weighted by molar-refractivity contribution is 0.472. The van der Waals surface area contributed by atoms with Crippen LogP contribution in [-0.2, 0) is 11.0 Å². The minimum absolute atomic E-state index is 0.0588. The summed E-state index contributed by atoms with van der Waals surface area (Å²) in [6.07, 6.45) is 0.778. The molecule has 0 spiro atoms. The number of alkyl halides is 1. The molecule has 2 aromatic carbocycles. The fraction of sp³-hybridized carbons (Fsp3) is 0.200. The predicted molar refractivity (Wildman–Crippen MR) is 83.5 cm³/mol. The molecule has 2 rings (SSSR count). The Hall–Kier alpha value is -1.28. The van der Waals surface area contributed by atoms with E-state index >= 15 is 0 Å². The Kier molecular flexibility index (Phi) is 5.66. The van der Waals surface area contributed by atoms with Crippen molar-refractivity contribution in [2.45, 2.75) is 6.42 Å². The predicted octanol–water partition coefficient (Wildman–Crippen LogP) is 4.29. The van der Waals surface area contributed by atoms with E-state index in [1.165, 1.54) is 5.56 Å². The highest BCUT2D eigenvalue weighted by Gasteiger charge is 2.22. The zero-order valence-electron chi connectivity index (χ0n) is 11.0. The van der Waals surface area contributed by atoms with E-state index in [2.05, 4.69) is 5.09 Å². The molecule has 20 heavy (non-hydrogen) atoms. The molecule has 1 N–H and O–H groups in total.